The standard InChI is InChI=1S/C21H25N3/c1-5-16-10-14-20(23)21(18(16)6-2)19(22)13-9-15-7-11-17(12-8-15)24(3)4/h5,7-14,22H,1,6,23H2,2-4H3/b13-9+,22-19?. The maximum absolute atomic E-state index is 8.44. The van der Waals surface area contributed by atoms with Crippen molar-refractivity contribution in [1.82, 2.24) is 0 Å². The molecule has 24 heavy (non-hydrogen) atoms. The Morgan fingerprint density at radius 3 is 2.38 bits per heavy atom. The van der Waals surface area contributed by atoms with Crippen LogP contribution in [0.15, 0.2) is 49.1 Å². The summed E-state index contributed by atoms with van der Waals surface area (Å²) in [4.78, 5) is 2.06. The van der Waals surface area contributed by atoms with E-state index in [1.165, 1.54) is 0 Å². The Morgan fingerprint density at radius 1 is 1.17 bits per heavy atom. The fourth-order valence-electron chi connectivity index (χ4n) is 2.72. The molecule has 0 saturated heterocycles. The molecule has 0 bridgehead atoms. The van der Waals surface area contributed by atoms with Gasteiger partial charge in [-0.1, -0.05) is 43.9 Å². The highest BCUT2D eigenvalue weighted by molar-refractivity contribution is 6.13. The predicted molar refractivity (Wildman–Crippen MR) is 107 cm³/mol. The van der Waals surface area contributed by atoms with Crippen LogP contribution in [0, 0.1) is 5.41 Å². The molecule has 0 heterocycles. The van der Waals surface area contributed by atoms with E-state index in [1.807, 2.05) is 56.6 Å². The second-order valence-electron chi connectivity index (χ2n) is 5.89. The monoisotopic (exact) mass is 319 g/mol. The van der Waals surface area contributed by atoms with Crippen LogP contribution < -0.4 is 10.6 Å². The molecule has 0 saturated carbocycles. The summed E-state index contributed by atoms with van der Waals surface area (Å²) in [7, 11) is 4.03. The van der Waals surface area contributed by atoms with E-state index in [0.717, 1.165) is 34.4 Å². The lowest BCUT2D eigenvalue weighted by Gasteiger charge is -2.14. The van der Waals surface area contributed by atoms with E-state index in [-0.39, 0.29) is 0 Å². The van der Waals surface area contributed by atoms with Gasteiger partial charge in [0.2, 0.25) is 0 Å². The van der Waals surface area contributed by atoms with Gasteiger partial charge in [-0.15, -0.1) is 0 Å². The van der Waals surface area contributed by atoms with Crippen molar-refractivity contribution in [2.24, 2.45) is 0 Å². The average Bonchev–Trinajstić information content (AvgIpc) is 2.59. The first-order valence-electron chi connectivity index (χ1n) is 8.06. The van der Waals surface area contributed by atoms with Crippen molar-refractivity contribution in [3.8, 4) is 0 Å². The molecule has 124 valence electrons. The number of anilines is 2. The number of benzene rings is 2. The summed E-state index contributed by atoms with van der Waals surface area (Å²) in [5.74, 6) is 0. The van der Waals surface area contributed by atoms with Crippen molar-refractivity contribution in [3.63, 3.8) is 0 Å². The number of nitrogens with zero attached hydrogens (tertiary/aromatic N) is 1. The third-order valence-corrected chi connectivity index (χ3v) is 4.08. The summed E-state index contributed by atoms with van der Waals surface area (Å²) in [6, 6.07) is 12.0. The number of hydrogen-bond donors (Lipinski definition) is 2. The number of nitrogens with one attached hydrogen (secondary N) is 1. The fourth-order valence-corrected chi connectivity index (χ4v) is 2.72. The van der Waals surface area contributed by atoms with Crippen LogP contribution in [0.3, 0.4) is 0 Å². The predicted octanol–water partition coefficient (Wildman–Crippen LogP) is 4.62. The largest absolute Gasteiger partial charge is 0.398 e. The fraction of sp³-hybridized carbons (Fsp3) is 0.190. The van der Waals surface area contributed by atoms with Crippen LogP contribution in [-0.2, 0) is 6.42 Å². The minimum Gasteiger partial charge on any atom is -0.398 e. The molecule has 0 aromatic heterocycles. The van der Waals surface area contributed by atoms with Gasteiger partial charge in [-0.05, 0) is 47.4 Å². The number of rotatable bonds is 6. The molecule has 0 atom stereocenters. The molecule has 3 N–H and O–H groups in total. The Hall–Kier alpha value is -2.81. The summed E-state index contributed by atoms with van der Waals surface area (Å²) in [5.41, 5.74) is 12.3. The molecular weight excluding hydrogens is 294 g/mol. The number of allylic oxidation sites excluding steroid dienone is 1. The summed E-state index contributed by atoms with van der Waals surface area (Å²) >= 11 is 0. The molecule has 0 spiro atoms. The van der Waals surface area contributed by atoms with Crippen LogP contribution in [0.1, 0.15) is 29.2 Å². The summed E-state index contributed by atoms with van der Waals surface area (Å²) in [6.07, 6.45) is 6.39. The van der Waals surface area contributed by atoms with E-state index in [4.69, 9.17) is 11.1 Å². The highest BCUT2D eigenvalue weighted by Gasteiger charge is 2.11. The van der Waals surface area contributed by atoms with Gasteiger partial charge in [0, 0.05) is 31.0 Å². The smallest absolute Gasteiger partial charge is 0.0636 e. The first-order chi connectivity index (χ1) is 11.5. The van der Waals surface area contributed by atoms with Crippen molar-refractivity contribution in [1.29, 1.82) is 5.41 Å². The third kappa shape index (κ3) is 3.74. The lowest BCUT2D eigenvalue weighted by atomic mass is 9.93. The van der Waals surface area contributed by atoms with Gasteiger partial charge in [-0.25, -0.2) is 0 Å². The first kappa shape index (κ1) is 17.5. The van der Waals surface area contributed by atoms with Gasteiger partial charge >= 0.3 is 0 Å². The highest BCUT2D eigenvalue weighted by atomic mass is 15.1. The second kappa shape index (κ2) is 7.64. The minimum atomic E-state index is 0.421. The van der Waals surface area contributed by atoms with Gasteiger partial charge in [0.15, 0.2) is 0 Å². The maximum atomic E-state index is 8.44. The number of hydrogen-bond acceptors (Lipinski definition) is 3. The van der Waals surface area contributed by atoms with Crippen molar-refractivity contribution in [2.45, 2.75) is 13.3 Å². The third-order valence-electron chi connectivity index (χ3n) is 4.08. The number of nitrogens with two attached hydrogens (primary N) is 1. The molecule has 0 aliphatic carbocycles. The lowest BCUT2D eigenvalue weighted by molar-refractivity contribution is 1.13. The quantitative estimate of drug-likeness (QED) is 0.603. The van der Waals surface area contributed by atoms with E-state index in [2.05, 4.69) is 30.5 Å². The van der Waals surface area contributed by atoms with E-state index in [9.17, 15) is 0 Å². The molecule has 0 amide bonds. The van der Waals surface area contributed by atoms with Crippen LogP contribution in [0.2, 0.25) is 0 Å². The van der Waals surface area contributed by atoms with Gasteiger partial charge in [-0.2, -0.15) is 0 Å². The zero-order valence-corrected chi connectivity index (χ0v) is 14.6. The Morgan fingerprint density at radius 2 is 1.83 bits per heavy atom. The van der Waals surface area contributed by atoms with Crippen LogP contribution in [0.25, 0.3) is 12.2 Å². The van der Waals surface area contributed by atoms with Crippen LogP contribution in [-0.4, -0.2) is 19.8 Å². The Bertz CT molecular complexity index is 768. The molecule has 2 rings (SSSR count). The zero-order valence-electron chi connectivity index (χ0n) is 14.6. The SMILES string of the molecule is C=Cc1ccc(N)c(C(=N)/C=C/c2ccc(N(C)C)cc2)c1CC. The molecule has 0 unspecified atom stereocenters. The molecule has 0 radical (unpaired) electrons. The van der Waals surface area contributed by atoms with Crippen LogP contribution in [0.4, 0.5) is 11.4 Å². The summed E-state index contributed by atoms with van der Waals surface area (Å²) in [6.45, 7) is 5.92. The number of nitrogen functional groups attached to an aromatic ring is 1. The van der Waals surface area contributed by atoms with E-state index < -0.39 is 0 Å². The molecular formula is C21H25N3. The van der Waals surface area contributed by atoms with E-state index in [0.29, 0.717) is 11.4 Å². The van der Waals surface area contributed by atoms with Gasteiger partial charge in [0.1, 0.15) is 0 Å². The minimum absolute atomic E-state index is 0.421. The average molecular weight is 319 g/mol. The zero-order chi connectivity index (χ0) is 17.7. The topological polar surface area (TPSA) is 53.1 Å². The van der Waals surface area contributed by atoms with Crippen molar-refractivity contribution < 1.29 is 0 Å². The molecule has 3 heteroatoms. The first-order valence-corrected chi connectivity index (χ1v) is 8.06. The van der Waals surface area contributed by atoms with E-state index >= 15 is 0 Å². The molecule has 2 aromatic carbocycles. The molecule has 0 aliphatic rings. The van der Waals surface area contributed by atoms with Crippen molar-refractivity contribution in [3.05, 3.63) is 71.3 Å². The summed E-state index contributed by atoms with van der Waals surface area (Å²) in [5, 5.41) is 8.44. The second-order valence-corrected chi connectivity index (χ2v) is 5.89. The van der Waals surface area contributed by atoms with Gasteiger partial charge < -0.3 is 16.0 Å². The Balaban J connectivity index is 2.31. The lowest BCUT2D eigenvalue weighted by Crippen LogP contribution is -2.08. The Labute approximate surface area is 144 Å². The normalized spacial score (nSPS) is 10.8. The van der Waals surface area contributed by atoms with Crippen LogP contribution in [0.5, 0.6) is 0 Å². The molecule has 0 aliphatic heterocycles. The van der Waals surface area contributed by atoms with Gasteiger partial charge in [0.25, 0.3) is 0 Å². The summed E-state index contributed by atoms with van der Waals surface area (Å²) < 4.78 is 0. The molecule has 2 aromatic rings. The highest BCUT2D eigenvalue weighted by Crippen LogP contribution is 2.24. The maximum Gasteiger partial charge on any atom is 0.0636 e. The molecule has 0 fully saturated rings. The Kier molecular flexibility index (Phi) is 5.59. The van der Waals surface area contributed by atoms with Gasteiger partial charge in [0.05, 0.1) is 5.71 Å². The van der Waals surface area contributed by atoms with Crippen LogP contribution >= 0.6 is 0 Å². The van der Waals surface area contributed by atoms with Crippen molar-refractivity contribution >= 4 is 29.2 Å². The van der Waals surface area contributed by atoms with Gasteiger partial charge in [-0.3, -0.25) is 0 Å². The molecule has 3 nitrogen and oxygen atoms in total. The van der Waals surface area contributed by atoms with E-state index in [1.54, 1.807) is 0 Å². The van der Waals surface area contributed by atoms with Crippen molar-refractivity contribution in [2.75, 3.05) is 24.7 Å².